The van der Waals surface area contributed by atoms with Crippen LogP contribution in [0.25, 0.3) is 0 Å². The molecule has 0 aliphatic carbocycles. The molecule has 2 bridgehead atoms. The zero-order chi connectivity index (χ0) is 20.6. The first-order valence-electron chi connectivity index (χ1n) is 10.5. The summed E-state index contributed by atoms with van der Waals surface area (Å²) in [7, 11) is 0. The Labute approximate surface area is 174 Å². The van der Waals surface area contributed by atoms with Crippen molar-refractivity contribution in [3.8, 4) is 0 Å². The number of hydrogen-bond donors (Lipinski definition) is 1. The maximum absolute atomic E-state index is 13.6. The molecular formula is C23H24N4O3. The summed E-state index contributed by atoms with van der Waals surface area (Å²) < 4.78 is 6.30. The molecule has 5 heterocycles. The Bertz CT molecular complexity index is 1110. The van der Waals surface area contributed by atoms with E-state index in [2.05, 4.69) is 17.1 Å². The Kier molecular flexibility index (Phi) is 3.60. The number of nitrogens with zero attached hydrogens (tertiary/aromatic N) is 3. The summed E-state index contributed by atoms with van der Waals surface area (Å²) in [5.41, 5.74) is 4.66. The van der Waals surface area contributed by atoms with E-state index >= 15 is 0 Å². The fraction of sp³-hybridized carbons (Fsp3) is 0.435. The molecular weight excluding hydrogens is 380 g/mol. The second-order valence-electron chi connectivity index (χ2n) is 8.98. The van der Waals surface area contributed by atoms with Crippen molar-refractivity contribution in [1.82, 2.24) is 15.1 Å². The molecule has 4 atom stereocenters. The molecule has 2 aromatic rings. The smallest absolute Gasteiger partial charge is 0.234 e. The van der Waals surface area contributed by atoms with Gasteiger partial charge in [0.05, 0.1) is 30.7 Å². The lowest BCUT2D eigenvalue weighted by molar-refractivity contribution is -0.141. The van der Waals surface area contributed by atoms with Gasteiger partial charge < -0.3 is 14.5 Å². The second-order valence-corrected chi connectivity index (χ2v) is 8.98. The zero-order valence-corrected chi connectivity index (χ0v) is 17.1. The van der Waals surface area contributed by atoms with Crippen molar-refractivity contribution >= 4 is 17.5 Å². The van der Waals surface area contributed by atoms with Crippen LogP contribution in [0.5, 0.6) is 0 Å². The molecule has 4 unspecified atom stereocenters. The van der Waals surface area contributed by atoms with Gasteiger partial charge in [-0.2, -0.15) is 5.10 Å². The Balaban J connectivity index is 1.31. The van der Waals surface area contributed by atoms with Gasteiger partial charge in [0.2, 0.25) is 11.8 Å². The summed E-state index contributed by atoms with van der Waals surface area (Å²) >= 11 is 0. The van der Waals surface area contributed by atoms with E-state index in [0.29, 0.717) is 19.6 Å². The lowest BCUT2D eigenvalue weighted by atomic mass is 9.76. The molecule has 4 aliphatic rings. The Morgan fingerprint density at radius 2 is 2.17 bits per heavy atom. The number of benzene rings is 1. The summed E-state index contributed by atoms with van der Waals surface area (Å²) in [6.45, 7) is 5.74. The first kappa shape index (κ1) is 17.9. The van der Waals surface area contributed by atoms with Gasteiger partial charge in [-0.3, -0.25) is 14.7 Å². The van der Waals surface area contributed by atoms with Gasteiger partial charge in [-0.25, -0.2) is 0 Å². The van der Waals surface area contributed by atoms with Crippen molar-refractivity contribution in [3.05, 3.63) is 58.9 Å². The highest BCUT2D eigenvalue weighted by atomic mass is 16.5. The van der Waals surface area contributed by atoms with Crippen LogP contribution >= 0.6 is 0 Å². The van der Waals surface area contributed by atoms with E-state index in [9.17, 15) is 9.59 Å². The Hall–Kier alpha value is -2.93. The molecule has 0 radical (unpaired) electrons. The predicted molar refractivity (Wildman–Crippen MR) is 110 cm³/mol. The number of H-pyrrole nitrogens is 1. The molecule has 1 N–H and O–H groups in total. The van der Waals surface area contributed by atoms with E-state index < -0.39 is 17.4 Å². The fourth-order valence-corrected chi connectivity index (χ4v) is 5.51. The monoisotopic (exact) mass is 404 g/mol. The van der Waals surface area contributed by atoms with E-state index in [1.54, 1.807) is 11.1 Å². The van der Waals surface area contributed by atoms with Crippen molar-refractivity contribution in [2.75, 3.05) is 18.0 Å². The summed E-state index contributed by atoms with van der Waals surface area (Å²) in [6.07, 6.45) is 6.21. The predicted octanol–water partition coefficient (Wildman–Crippen LogP) is 1.90. The molecule has 2 saturated heterocycles. The van der Waals surface area contributed by atoms with Crippen LogP contribution in [0.1, 0.15) is 22.4 Å². The van der Waals surface area contributed by atoms with Gasteiger partial charge in [-0.1, -0.05) is 18.2 Å². The largest absolute Gasteiger partial charge is 0.360 e. The highest BCUT2D eigenvalue weighted by molar-refractivity contribution is 6.03. The number of aryl methyl sites for hydroxylation is 2. The minimum Gasteiger partial charge on any atom is -0.360 e. The van der Waals surface area contributed by atoms with Crippen molar-refractivity contribution in [2.45, 2.75) is 38.5 Å². The van der Waals surface area contributed by atoms with Crippen molar-refractivity contribution in [1.29, 1.82) is 0 Å². The minimum atomic E-state index is -0.697. The van der Waals surface area contributed by atoms with Gasteiger partial charge in [-0.15, -0.1) is 0 Å². The zero-order valence-electron chi connectivity index (χ0n) is 17.1. The normalized spacial score (nSPS) is 31.4. The molecule has 1 aromatic carbocycles. The molecule has 2 fully saturated rings. The summed E-state index contributed by atoms with van der Waals surface area (Å²) in [4.78, 5) is 30.8. The minimum absolute atomic E-state index is 0.00976. The average Bonchev–Trinajstić information content (AvgIpc) is 3.49. The highest BCUT2D eigenvalue weighted by Crippen LogP contribution is 2.53. The number of rotatable bonds is 2. The molecule has 4 aliphatic heterocycles. The Morgan fingerprint density at radius 3 is 3.00 bits per heavy atom. The van der Waals surface area contributed by atoms with Crippen LogP contribution in [0.2, 0.25) is 0 Å². The van der Waals surface area contributed by atoms with Crippen molar-refractivity contribution in [3.63, 3.8) is 0 Å². The van der Waals surface area contributed by atoms with Crippen LogP contribution in [-0.4, -0.2) is 51.7 Å². The van der Waals surface area contributed by atoms with E-state index in [0.717, 1.165) is 28.9 Å². The summed E-state index contributed by atoms with van der Waals surface area (Å²) in [5, 5.41) is 7.10. The number of nitrogens with one attached hydrogen (secondary N) is 1. The summed E-state index contributed by atoms with van der Waals surface area (Å²) in [5.74, 6) is -0.928. The highest BCUT2D eigenvalue weighted by Gasteiger charge is 2.67. The molecule has 7 nitrogen and oxygen atoms in total. The molecule has 1 aromatic heterocycles. The van der Waals surface area contributed by atoms with Gasteiger partial charge >= 0.3 is 0 Å². The molecule has 7 heteroatoms. The number of anilines is 1. The number of ether oxygens (including phenoxy) is 1. The van der Waals surface area contributed by atoms with E-state index in [4.69, 9.17) is 4.74 Å². The second kappa shape index (κ2) is 6.04. The van der Waals surface area contributed by atoms with Crippen LogP contribution in [0, 0.1) is 25.7 Å². The van der Waals surface area contributed by atoms with Gasteiger partial charge in [0.15, 0.2) is 0 Å². The number of hydrogen-bond acceptors (Lipinski definition) is 4. The quantitative estimate of drug-likeness (QED) is 0.776. The van der Waals surface area contributed by atoms with E-state index in [-0.39, 0.29) is 17.9 Å². The molecule has 154 valence electrons. The third-order valence-corrected chi connectivity index (χ3v) is 7.30. The van der Waals surface area contributed by atoms with Gasteiger partial charge in [0, 0.05) is 36.5 Å². The van der Waals surface area contributed by atoms with Gasteiger partial charge in [-0.05, 0) is 37.1 Å². The lowest BCUT2D eigenvalue weighted by Gasteiger charge is -2.32. The first-order chi connectivity index (χ1) is 14.5. The maximum Gasteiger partial charge on any atom is 0.234 e. The van der Waals surface area contributed by atoms with Gasteiger partial charge in [0.1, 0.15) is 5.60 Å². The first-order valence-corrected chi connectivity index (χ1v) is 10.5. The standard InChI is InChI=1S/C23H24N4O3/c1-13-3-4-16(9-14(13)2)27-12-23-7-5-18(30-23)19(20(23)22(27)29)21(28)26-8-6-17-15(11-26)10-24-25-17/h3-5,7,9-10,18-20H,6,8,11-12H2,1-2H3,(H,24,25). The Morgan fingerprint density at radius 1 is 1.30 bits per heavy atom. The van der Waals surface area contributed by atoms with Crippen LogP contribution in [-0.2, 0) is 27.3 Å². The van der Waals surface area contributed by atoms with Gasteiger partial charge in [0.25, 0.3) is 0 Å². The number of carbonyl (C=O) groups excluding carboxylic acids is 2. The lowest BCUT2D eigenvalue weighted by Crippen LogP contribution is -2.47. The molecule has 30 heavy (non-hydrogen) atoms. The van der Waals surface area contributed by atoms with Crippen LogP contribution in [0.15, 0.2) is 36.5 Å². The summed E-state index contributed by atoms with van der Waals surface area (Å²) in [6, 6.07) is 6.07. The van der Waals surface area contributed by atoms with E-state index in [1.165, 1.54) is 5.56 Å². The number of carbonyl (C=O) groups is 2. The molecule has 1 spiro atoms. The SMILES string of the molecule is Cc1ccc(N2CC34C=CC(O3)C(C(=O)N3CCc5[nH]ncc5C3)C4C2=O)cc1C. The number of amides is 2. The van der Waals surface area contributed by atoms with Crippen molar-refractivity contribution in [2.24, 2.45) is 11.8 Å². The molecule has 6 rings (SSSR count). The number of aromatic amines is 1. The maximum atomic E-state index is 13.6. The molecule has 0 saturated carbocycles. The van der Waals surface area contributed by atoms with Crippen LogP contribution in [0.3, 0.4) is 0 Å². The van der Waals surface area contributed by atoms with E-state index in [1.807, 2.05) is 42.2 Å². The fourth-order valence-electron chi connectivity index (χ4n) is 5.51. The topological polar surface area (TPSA) is 78.5 Å². The average molecular weight is 404 g/mol. The third kappa shape index (κ3) is 2.32. The molecule has 2 amide bonds. The third-order valence-electron chi connectivity index (χ3n) is 7.30. The van der Waals surface area contributed by atoms with Crippen LogP contribution in [0.4, 0.5) is 5.69 Å². The number of fused-ring (bicyclic) bond motifs is 2. The van der Waals surface area contributed by atoms with Crippen LogP contribution < -0.4 is 4.90 Å². The van der Waals surface area contributed by atoms with Crippen molar-refractivity contribution < 1.29 is 14.3 Å². The number of aromatic nitrogens is 2.